The zero-order valence-corrected chi connectivity index (χ0v) is 9.83. The summed E-state index contributed by atoms with van der Waals surface area (Å²) in [6, 6.07) is 3.30. The van der Waals surface area contributed by atoms with Crippen LogP contribution in [0.5, 0.6) is 0 Å². The quantitative estimate of drug-likeness (QED) is 0.621. The number of pyridine rings is 1. The van der Waals surface area contributed by atoms with Crippen LogP contribution in [0.25, 0.3) is 0 Å². The second-order valence-corrected chi connectivity index (χ2v) is 3.89. The Labute approximate surface area is 103 Å². The Morgan fingerprint density at radius 3 is 3.00 bits per heavy atom. The number of anilines is 1. The van der Waals surface area contributed by atoms with E-state index in [1.54, 1.807) is 24.5 Å². The topological polar surface area (TPSA) is 96.7 Å². The maximum absolute atomic E-state index is 10.8. The van der Waals surface area contributed by atoms with Crippen molar-refractivity contribution >= 4 is 11.5 Å². The van der Waals surface area contributed by atoms with Gasteiger partial charge in [0.1, 0.15) is 17.7 Å². The summed E-state index contributed by atoms with van der Waals surface area (Å²) < 4.78 is 0. The predicted molar refractivity (Wildman–Crippen MR) is 66.4 cm³/mol. The molecule has 1 atom stereocenters. The Morgan fingerprint density at radius 1 is 1.50 bits per heavy atom. The van der Waals surface area contributed by atoms with E-state index in [2.05, 4.69) is 20.3 Å². The van der Waals surface area contributed by atoms with Gasteiger partial charge in [-0.15, -0.1) is 0 Å². The van der Waals surface area contributed by atoms with E-state index >= 15 is 0 Å². The number of rotatable bonds is 5. The van der Waals surface area contributed by atoms with E-state index in [0.717, 1.165) is 5.82 Å². The molecule has 0 aliphatic rings. The van der Waals surface area contributed by atoms with Crippen molar-refractivity contribution in [2.24, 2.45) is 0 Å². The van der Waals surface area contributed by atoms with Gasteiger partial charge in [-0.1, -0.05) is 6.92 Å². The highest BCUT2D eigenvalue weighted by atomic mass is 16.6. The molecule has 0 aliphatic carbocycles. The fraction of sp³-hybridized carbons (Fsp3) is 0.273. The highest BCUT2D eigenvalue weighted by Crippen LogP contribution is 2.21. The number of nitro groups is 1. The van der Waals surface area contributed by atoms with Gasteiger partial charge in [-0.05, 0) is 22.0 Å². The molecule has 94 valence electrons. The number of nitrogens with zero attached hydrogens (tertiary/aromatic N) is 3. The second kappa shape index (κ2) is 5.26. The Morgan fingerprint density at radius 2 is 2.33 bits per heavy atom. The first-order valence-electron chi connectivity index (χ1n) is 5.51. The van der Waals surface area contributed by atoms with Gasteiger partial charge in [0.05, 0.1) is 0 Å². The Bertz CT molecular complexity index is 526. The molecule has 7 heteroatoms. The first-order valence-corrected chi connectivity index (χ1v) is 5.51. The number of H-pyrrole nitrogens is 1. The van der Waals surface area contributed by atoms with Crippen LogP contribution >= 0.6 is 0 Å². The summed E-state index contributed by atoms with van der Waals surface area (Å²) in [6.45, 7) is 2.52. The van der Waals surface area contributed by atoms with E-state index in [-0.39, 0.29) is 11.7 Å². The summed E-state index contributed by atoms with van der Waals surface area (Å²) >= 11 is 0. The van der Waals surface area contributed by atoms with E-state index in [9.17, 15) is 10.1 Å². The molecule has 0 bridgehead atoms. The summed E-state index contributed by atoms with van der Waals surface area (Å²) in [4.78, 5) is 21.2. The molecule has 2 aromatic heterocycles. The number of aromatic nitrogens is 3. The molecule has 0 saturated heterocycles. The van der Waals surface area contributed by atoms with Crippen LogP contribution in [0.4, 0.5) is 11.5 Å². The summed E-state index contributed by atoms with van der Waals surface area (Å²) in [5.41, 5.74) is 0.418. The molecule has 0 fully saturated rings. The highest BCUT2D eigenvalue weighted by Gasteiger charge is 2.15. The lowest BCUT2D eigenvalue weighted by Gasteiger charge is -2.11. The molecule has 0 aliphatic heterocycles. The van der Waals surface area contributed by atoms with Crippen molar-refractivity contribution in [3.63, 3.8) is 0 Å². The maximum atomic E-state index is 10.8. The van der Waals surface area contributed by atoms with Gasteiger partial charge < -0.3 is 20.4 Å². The van der Waals surface area contributed by atoms with Crippen LogP contribution in [-0.2, 0) is 0 Å². The minimum atomic E-state index is -0.500. The van der Waals surface area contributed by atoms with E-state index in [1.807, 2.05) is 6.92 Å². The van der Waals surface area contributed by atoms with Crippen molar-refractivity contribution in [2.45, 2.75) is 12.8 Å². The molecule has 0 spiro atoms. The molecule has 0 aromatic carbocycles. The number of hydrogen-bond donors (Lipinski definition) is 2. The van der Waals surface area contributed by atoms with Crippen LogP contribution in [0.2, 0.25) is 0 Å². The van der Waals surface area contributed by atoms with Gasteiger partial charge in [-0.2, -0.15) is 0 Å². The van der Waals surface area contributed by atoms with Crippen molar-refractivity contribution in [1.82, 2.24) is 15.0 Å². The predicted octanol–water partition coefficient (Wildman–Crippen LogP) is 1.93. The van der Waals surface area contributed by atoms with Gasteiger partial charge >= 0.3 is 5.82 Å². The second-order valence-electron chi connectivity index (χ2n) is 3.89. The molecule has 2 rings (SSSR count). The van der Waals surface area contributed by atoms with Gasteiger partial charge in [0.15, 0.2) is 0 Å². The summed E-state index contributed by atoms with van der Waals surface area (Å²) in [5, 5.41) is 13.8. The zero-order valence-electron chi connectivity index (χ0n) is 9.83. The lowest BCUT2D eigenvalue weighted by molar-refractivity contribution is -0.388. The molecule has 0 radical (unpaired) electrons. The fourth-order valence-corrected chi connectivity index (χ4v) is 1.59. The first-order chi connectivity index (χ1) is 8.68. The highest BCUT2D eigenvalue weighted by molar-refractivity contribution is 5.56. The number of aromatic amines is 1. The molecule has 2 N–H and O–H groups in total. The first kappa shape index (κ1) is 12.0. The van der Waals surface area contributed by atoms with Crippen molar-refractivity contribution in [3.05, 3.63) is 46.7 Å². The number of hydrogen-bond acceptors (Lipinski definition) is 5. The van der Waals surface area contributed by atoms with Crippen molar-refractivity contribution < 1.29 is 4.92 Å². The molecule has 7 nitrogen and oxygen atoms in total. The summed E-state index contributed by atoms with van der Waals surface area (Å²) in [5.74, 6) is 0.804. The minimum Gasteiger partial charge on any atom is -0.377 e. The largest absolute Gasteiger partial charge is 0.386 e. The average Bonchev–Trinajstić information content (AvgIpc) is 2.90. The van der Waals surface area contributed by atoms with Gasteiger partial charge in [-0.3, -0.25) is 0 Å². The van der Waals surface area contributed by atoms with Crippen LogP contribution in [0.15, 0.2) is 30.7 Å². The number of imidazole rings is 1. The van der Waals surface area contributed by atoms with E-state index in [0.29, 0.717) is 12.2 Å². The molecule has 2 aromatic rings. The molecule has 0 saturated carbocycles. The Balaban J connectivity index is 2.04. The van der Waals surface area contributed by atoms with E-state index in [4.69, 9.17) is 0 Å². The maximum Gasteiger partial charge on any atom is 0.386 e. The van der Waals surface area contributed by atoms with Gasteiger partial charge in [-0.25, -0.2) is 4.98 Å². The van der Waals surface area contributed by atoms with Crippen LogP contribution in [-0.4, -0.2) is 26.4 Å². The normalized spacial score (nSPS) is 12.1. The van der Waals surface area contributed by atoms with E-state index in [1.165, 1.54) is 6.20 Å². The Hall–Kier alpha value is -2.44. The molecular weight excluding hydrogens is 234 g/mol. The van der Waals surface area contributed by atoms with Crippen LogP contribution < -0.4 is 5.32 Å². The van der Waals surface area contributed by atoms with Crippen molar-refractivity contribution in [1.29, 1.82) is 0 Å². The number of nitrogens with one attached hydrogen (secondary N) is 2. The van der Waals surface area contributed by atoms with Gasteiger partial charge in [0, 0.05) is 24.9 Å². The fourth-order valence-electron chi connectivity index (χ4n) is 1.59. The van der Waals surface area contributed by atoms with Crippen molar-refractivity contribution in [3.8, 4) is 0 Å². The third-order valence-electron chi connectivity index (χ3n) is 2.54. The molecular formula is C11H13N5O2. The SMILES string of the molecule is CC(CNc1cccnc1[N+](=O)[O-])c1ncc[nH]1. The monoisotopic (exact) mass is 247 g/mol. The van der Waals surface area contributed by atoms with Crippen LogP contribution in [0.3, 0.4) is 0 Å². The molecule has 1 unspecified atom stereocenters. The standard InChI is InChI=1S/C11H13N5O2/c1-8(10-12-5-6-13-10)7-15-9-3-2-4-14-11(9)16(17)18/h2-6,8,15H,7H2,1H3,(H,12,13). The third-order valence-corrected chi connectivity index (χ3v) is 2.54. The minimum absolute atomic E-state index is 0.125. The van der Waals surface area contributed by atoms with Crippen molar-refractivity contribution in [2.75, 3.05) is 11.9 Å². The van der Waals surface area contributed by atoms with Gasteiger partial charge in [0.25, 0.3) is 0 Å². The average molecular weight is 247 g/mol. The van der Waals surface area contributed by atoms with Crippen LogP contribution in [0, 0.1) is 10.1 Å². The summed E-state index contributed by atoms with van der Waals surface area (Å²) in [7, 11) is 0. The Kier molecular flexibility index (Phi) is 3.52. The third kappa shape index (κ3) is 2.62. The molecule has 0 amide bonds. The van der Waals surface area contributed by atoms with Crippen LogP contribution in [0.1, 0.15) is 18.7 Å². The lowest BCUT2D eigenvalue weighted by Crippen LogP contribution is -2.12. The lowest BCUT2D eigenvalue weighted by atomic mass is 10.1. The zero-order chi connectivity index (χ0) is 13.0. The van der Waals surface area contributed by atoms with E-state index < -0.39 is 4.92 Å². The van der Waals surface area contributed by atoms with Gasteiger partial charge in [0.2, 0.25) is 0 Å². The molecule has 2 heterocycles. The molecule has 18 heavy (non-hydrogen) atoms. The summed E-state index contributed by atoms with van der Waals surface area (Å²) in [6.07, 6.45) is 4.83. The smallest absolute Gasteiger partial charge is 0.377 e.